The van der Waals surface area contributed by atoms with Gasteiger partial charge in [-0.3, -0.25) is 4.79 Å². The summed E-state index contributed by atoms with van der Waals surface area (Å²) in [5.41, 5.74) is 0.542. The van der Waals surface area contributed by atoms with E-state index in [9.17, 15) is 9.18 Å². The molecule has 1 aromatic carbocycles. The molecule has 0 saturated carbocycles. The first-order valence-corrected chi connectivity index (χ1v) is 6.91. The second kappa shape index (κ2) is 6.66. The molecule has 1 amide bonds. The zero-order chi connectivity index (χ0) is 13.7. The third-order valence-electron chi connectivity index (χ3n) is 3.66. The Morgan fingerprint density at radius 2 is 2.11 bits per heavy atom. The molecule has 1 aliphatic heterocycles. The number of nitrogens with zero attached hydrogens (tertiary/aromatic N) is 1. The van der Waals surface area contributed by atoms with E-state index in [-0.39, 0.29) is 11.7 Å². The lowest BCUT2D eigenvalue weighted by Gasteiger charge is -2.26. The van der Waals surface area contributed by atoms with Gasteiger partial charge in [-0.2, -0.15) is 0 Å². The average molecular weight is 264 g/mol. The van der Waals surface area contributed by atoms with Gasteiger partial charge in [0.05, 0.1) is 0 Å². The van der Waals surface area contributed by atoms with Gasteiger partial charge in [0.15, 0.2) is 0 Å². The maximum Gasteiger partial charge on any atom is 0.253 e. The van der Waals surface area contributed by atoms with Gasteiger partial charge in [0.2, 0.25) is 0 Å². The van der Waals surface area contributed by atoms with Crippen LogP contribution in [-0.2, 0) is 0 Å². The van der Waals surface area contributed by atoms with Crippen LogP contribution in [-0.4, -0.2) is 37.0 Å². The van der Waals surface area contributed by atoms with Crippen LogP contribution in [0.15, 0.2) is 24.3 Å². The Kier molecular flexibility index (Phi) is 4.91. The molecular weight excluding hydrogens is 243 g/mol. The lowest BCUT2D eigenvalue weighted by Crippen LogP contribution is -2.38. The molecule has 104 valence electrons. The molecule has 1 heterocycles. The third kappa shape index (κ3) is 4.03. The number of nitrogens with one attached hydrogen (secondary N) is 1. The predicted molar refractivity (Wildman–Crippen MR) is 73.6 cm³/mol. The summed E-state index contributed by atoms with van der Waals surface area (Å²) in [4.78, 5) is 13.8. The topological polar surface area (TPSA) is 32.3 Å². The average Bonchev–Trinajstić information content (AvgIpc) is 2.46. The summed E-state index contributed by atoms with van der Waals surface area (Å²) in [6.07, 6.45) is 4.69. The van der Waals surface area contributed by atoms with Crippen molar-refractivity contribution in [1.29, 1.82) is 0 Å². The number of hydrogen-bond donors (Lipinski definition) is 1. The molecule has 0 aliphatic carbocycles. The molecule has 1 N–H and O–H groups in total. The van der Waals surface area contributed by atoms with Crippen molar-refractivity contribution in [2.75, 3.05) is 20.1 Å². The minimum atomic E-state index is -0.314. The van der Waals surface area contributed by atoms with Crippen molar-refractivity contribution < 1.29 is 9.18 Å². The van der Waals surface area contributed by atoms with Crippen LogP contribution in [0.4, 0.5) is 4.39 Å². The van der Waals surface area contributed by atoms with E-state index in [0.29, 0.717) is 11.6 Å². The van der Waals surface area contributed by atoms with Gasteiger partial charge in [0.1, 0.15) is 5.82 Å². The van der Waals surface area contributed by atoms with E-state index >= 15 is 0 Å². The number of hydrogen-bond acceptors (Lipinski definition) is 2. The molecule has 1 fully saturated rings. The summed E-state index contributed by atoms with van der Waals surface area (Å²) in [6, 6.07) is 6.24. The van der Waals surface area contributed by atoms with Crippen LogP contribution in [0.2, 0.25) is 0 Å². The van der Waals surface area contributed by atoms with Gasteiger partial charge in [0.25, 0.3) is 5.91 Å². The van der Waals surface area contributed by atoms with E-state index in [2.05, 4.69) is 5.32 Å². The molecule has 1 unspecified atom stereocenters. The number of benzene rings is 1. The summed E-state index contributed by atoms with van der Waals surface area (Å²) in [6.45, 7) is 1.81. The van der Waals surface area contributed by atoms with Gasteiger partial charge in [-0.05, 0) is 50.1 Å². The minimum absolute atomic E-state index is 0.0455. The Labute approximate surface area is 113 Å². The number of piperidine rings is 1. The third-order valence-corrected chi connectivity index (χ3v) is 3.66. The van der Waals surface area contributed by atoms with Crippen molar-refractivity contribution in [1.82, 2.24) is 10.2 Å². The van der Waals surface area contributed by atoms with Gasteiger partial charge in [0, 0.05) is 25.2 Å². The van der Waals surface area contributed by atoms with Crippen LogP contribution in [0.25, 0.3) is 0 Å². The van der Waals surface area contributed by atoms with Gasteiger partial charge in [-0.25, -0.2) is 4.39 Å². The van der Waals surface area contributed by atoms with Crippen LogP contribution in [0, 0.1) is 5.82 Å². The number of carbonyl (C=O) groups is 1. The minimum Gasteiger partial charge on any atom is -0.342 e. The van der Waals surface area contributed by atoms with E-state index in [1.165, 1.54) is 43.5 Å². The fourth-order valence-corrected chi connectivity index (χ4v) is 2.43. The van der Waals surface area contributed by atoms with Crippen molar-refractivity contribution in [2.45, 2.75) is 31.7 Å². The van der Waals surface area contributed by atoms with Crippen molar-refractivity contribution in [2.24, 2.45) is 0 Å². The molecule has 19 heavy (non-hydrogen) atoms. The second-order valence-electron chi connectivity index (χ2n) is 5.17. The Bertz CT molecular complexity index is 413. The lowest BCUT2D eigenvalue weighted by atomic mass is 10.0. The highest BCUT2D eigenvalue weighted by Gasteiger charge is 2.16. The standard InChI is InChI=1S/C15H21FN2O/c1-18(11-9-14-4-2-3-10-17-14)15(19)12-5-7-13(16)8-6-12/h5-8,14,17H,2-4,9-11H2,1H3. The SMILES string of the molecule is CN(CCC1CCCCN1)C(=O)c1ccc(F)cc1. The summed E-state index contributed by atoms with van der Waals surface area (Å²) < 4.78 is 12.8. The Morgan fingerprint density at radius 3 is 2.74 bits per heavy atom. The zero-order valence-electron chi connectivity index (χ0n) is 11.4. The first-order chi connectivity index (χ1) is 9.16. The quantitative estimate of drug-likeness (QED) is 0.906. The van der Waals surface area contributed by atoms with E-state index in [4.69, 9.17) is 0 Å². The first kappa shape index (κ1) is 14.0. The van der Waals surface area contributed by atoms with Gasteiger partial charge in [-0.15, -0.1) is 0 Å². The molecule has 1 saturated heterocycles. The number of amides is 1. The molecule has 1 aliphatic rings. The summed E-state index contributed by atoms with van der Waals surface area (Å²) in [5, 5.41) is 3.47. The predicted octanol–water partition coefficient (Wildman–Crippen LogP) is 2.43. The van der Waals surface area contributed by atoms with E-state index in [1.807, 2.05) is 0 Å². The number of halogens is 1. The molecule has 4 heteroatoms. The molecule has 2 rings (SSSR count). The summed E-state index contributed by atoms with van der Waals surface area (Å²) in [5.74, 6) is -0.360. The zero-order valence-corrected chi connectivity index (χ0v) is 11.4. The van der Waals surface area contributed by atoms with Crippen LogP contribution in [0.5, 0.6) is 0 Å². The van der Waals surface area contributed by atoms with Crippen molar-refractivity contribution in [3.05, 3.63) is 35.6 Å². The second-order valence-corrected chi connectivity index (χ2v) is 5.17. The van der Waals surface area contributed by atoms with Crippen LogP contribution >= 0.6 is 0 Å². The summed E-state index contributed by atoms with van der Waals surface area (Å²) >= 11 is 0. The maximum absolute atomic E-state index is 12.8. The lowest BCUT2D eigenvalue weighted by molar-refractivity contribution is 0.0788. The number of carbonyl (C=O) groups excluding carboxylic acids is 1. The van der Waals surface area contributed by atoms with Crippen LogP contribution < -0.4 is 5.32 Å². The van der Waals surface area contributed by atoms with Crippen molar-refractivity contribution >= 4 is 5.91 Å². The van der Waals surface area contributed by atoms with Gasteiger partial charge >= 0.3 is 0 Å². The molecule has 0 aromatic heterocycles. The fraction of sp³-hybridized carbons (Fsp3) is 0.533. The van der Waals surface area contributed by atoms with Crippen LogP contribution in [0.1, 0.15) is 36.0 Å². The van der Waals surface area contributed by atoms with Crippen molar-refractivity contribution in [3.8, 4) is 0 Å². The maximum atomic E-state index is 12.8. The van der Waals surface area contributed by atoms with E-state index in [0.717, 1.165) is 19.5 Å². The smallest absolute Gasteiger partial charge is 0.253 e. The number of rotatable bonds is 4. The van der Waals surface area contributed by atoms with E-state index in [1.54, 1.807) is 11.9 Å². The molecule has 0 bridgehead atoms. The largest absolute Gasteiger partial charge is 0.342 e. The van der Waals surface area contributed by atoms with E-state index < -0.39 is 0 Å². The summed E-state index contributed by atoms with van der Waals surface area (Å²) in [7, 11) is 1.80. The Morgan fingerprint density at radius 1 is 1.37 bits per heavy atom. The Hall–Kier alpha value is -1.42. The fourth-order valence-electron chi connectivity index (χ4n) is 2.43. The highest BCUT2D eigenvalue weighted by molar-refractivity contribution is 5.93. The van der Waals surface area contributed by atoms with Crippen molar-refractivity contribution in [3.63, 3.8) is 0 Å². The normalized spacial score (nSPS) is 19.2. The van der Waals surface area contributed by atoms with Gasteiger partial charge in [-0.1, -0.05) is 6.42 Å². The Balaban J connectivity index is 1.83. The molecule has 3 nitrogen and oxygen atoms in total. The first-order valence-electron chi connectivity index (χ1n) is 6.91. The molecular formula is C15H21FN2O. The molecule has 1 atom stereocenters. The van der Waals surface area contributed by atoms with Crippen LogP contribution in [0.3, 0.4) is 0 Å². The molecule has 0 radical (unpaired) electrons. The van der Waals surface area contributed by atoms with Gasteiger partial charge < -0.3 is 10.2 Å². The molecule has 0 spiro atoms. The highest BCUT2D eigenvalue weighted by atomic mass is 19.1. The highest BCUT2D eigenvalue weighted by Crippen LogP contribution is 2.11. The molecule has 1 aromatic rings. The monoisotopic (exact) mass is 264 g/mol.